The van der Waals surface area contributed by atoms with Gasteiger partial charge in [-0.25, -0.2) is 0 Å². The zero-order valence-corrected chi connectivity index (χ0v) is 29.3. The van der Waals surface area contributed by atoms with Crippen molar-refractivity contribution in [2.45, 2.75) is 105 Å². The van der Waals surface area contributed by atoms with Crippen LogP contribution in [0.5, 0.6) is 11.5 Å². The van der Waals surface area contributed by atoms with Gasteiger partial charge in [-0.15, -0.1) is 0 Å². The highest BCUT2D eigenvalue weighted by Crippen LogP contribution is 2.41. The Morgan fingerprint density at radius 1 is 0.634 bits per heavy atom. The van der Waals surface area contributed by atoms with Crippen LogP contribution in [0.15, 0.2) is 24.3 Å². The maximum atomic E-state index is 12.3. The van der Waals surface area contributed by atoms with Gasteiger partial charge >= 0.3 is 0 Å². The average Bonchev–Trinajstić information content (AvgIpc) is 2.76. The van der Waals surface area contributed by atoms with E-state index >= 15 is 0 Å². The number of phenolic OH excluding ortho intramolecular Hbond substituents is 2. The number of benzene rings is 2. The van der Waals surface area contributed by atoms with Crippen molar-refractivity contribution in [2.75, 3.05) is 24.0 Å². The SMILES string of the molecule is CS(=O)CC(=O)c1cc(C(C)(C)C)c(O)c(C(C)(C)C)c1.CSCC(=O)c1cc(C(C)(C)C)c(O)c(C(C)(C)C)c1. The third-order valence-corrected chi connectivity index (χ3v) is 7.93. The van der Waals surface area contributed by atoms with Crippen LogP contribution in [0.2, 0.25) is 0 Å². The van der Waals surface area contributed by atoms with E-state index in [1.807, 2.05) is 59.9 Å². The van der Waals surface area contributed by atoms with Gasteiger partial charge < -0.3 is 10.2 Å². The van der Waals surface area contributed by atoms with Crippen LogP contribution in [0.25, 0.3) is 0 Å². The molecule has 0 spiro atoms. The Morgan fingerprint density at radius 3 is 1.12 bits per heavy atom. The Morgan fingerprint density at radius 2 is 0.902 bits per heavy atom. The molecule has 0 aliphatic rings. The lowest BCUT2D eigenvalue weighted by Gasteiger charge is -2.28. The van der Waals surface area contributed by atoms with E-state index in [-0.39, 0.29) is 44.7 Å². The highest BCUT2D eigenvalue weighted by atomic mass is 32.2. The number of carbonyl (C=O) groups excluding carboxylic acids is 2. The highest BCUT2D eigenvalue weighted by molar-refractivity contribution is 7.99. The number of aromatic hydroxyl groups is 2. The zero-order chi connectivity index (χ0) is 32.3. The van der Waals surface area contributed by atoms with E-state index in [2.05, 4.69) is 41.5 Å². The molecular weight excluding hydrogens is 553 g/mol. The van der Waals surface area contributed by atoms with Crippen molar-refractivity contribution < 1.29 is 24.0 Å². The third kappa shape index (κ3) is 10.3. The fourth-order valence-corrected chi connectivity index (χ4v) is 5.32. The van der Waals surface area contributed by atoms with Crippen molar-refractivity contribution in [2.24, 2.45) is 0 Å². The molecule has 230 valence electrons. The molecule has 0 saturated carbocycles. The number of rotatable bonds is 6. The first-order chi connectivity index (χ1) is 18.3. The van der Waals surface area contributed by atoms with E-state index in [0.29, 0.717) is 22.6 Å². The lowest BCUT2D eigenvalue weighted by molar-refractivity contribution is 0.101. The maximum absolute atomic E-state index is 12.3. The topological polar surface area (TPSA) is 91.7 Å². The predicted molar refractivity (Wildman–Crippen MR) is 177 cm³/mol. The van der Waals surface area contributed by atoms with Gasteiger partial charge in [0.05, 0.1) is 11.5 Å². The third-order valence-electron chi connectivity index (χ3n) is 6.71. The smallest absolute Gasteiger partial charge is 0.175 e. The van der Waals surface area contributed by atoms with Crippen molar-refractivity contribution in [3.8, 4) is 11.5 Å². The summed E-state index contributed by atoms with van der Waals surface area (Å²) in [5.41, 5.74) is 3.48. The molecule has 0 radical (unpaired) electrons. The van der Waals surface area contributed by atoms with Crippen molar-refractivity contribution in [1.29, 1.82) is 0 Å². The molecule has 41 heavy (non-hydrogen) atoms. The molecule has 1 atom stereocenters. The molecule has 5 nitrogen and oxygen atoms in total. The summed E-state index contributed by atoms with van der Waals surface area (Å²) in [4.78, 5) is 24.5. The van der Waals surface area contributed by atoms with E-state index in [0.717, 1.165) is 22.3 Å². The Hall–Kier alpha value is -2.12. The van der Waals surface area contributed by atoms with Crippen molar-refractivity contribution in [3.05, 3.63) is 57.6 Å². The first-order valence-electron chi connectivity index (χ1n) is 13.9. The number of hydrogen-bond acceptors (Lipinski definition) is 6. The number of hydrogen-bond donors (Lipinski definition) is 2. The van der Waals surface area contributed by atoms with Crippen LogP contribution in [0.3, 0.4) is 0 Å². The van der Waals surface area contributed by atoms with Crippen LogP contribution in [0.4, 0.5) is 0 Å². The molecule has 0 aliphatic heterocycles. The molecule has 0 heterocycles. The lowest BCUT2D eigenvalue weighted by atomic mass is 9.78. The Balaban J connectivity index is 0.000000410. The molecule has 0 aromatic heterocycles. The minimum Gasteiger partial charge on any atom is -0.507 e. The maximum Gasteiger partial charge on any atom is 0.175 e. The molecule has 2 N–H and O–H groups in total. The summed E-state index contributed by atoms with van der Waals surface area (Å²) in [5.74, 6) is 1.03. The number of thioether (sulfide) groups is 1. The van der Waals surface area contributed by atoms with Crippen LogP contribution in [0.1, 0.15) is 126 Å². The molecule has 2 rings (SSSR count). The minimum absolute atomic E-state index is 0.0118. The normalized spacial score (nSPS) is 13.3. The van der Waals surface area contributed by atoms with Gasteiger partial charge in [0.1, 0.15) is 11.5 Å². The molecule has 0 fully saturated rings. The minimum atomic E-state index is -1.17. The Kier molecular flexibility index (Phi) is 12.1. The molecular formula is C34H52O5S2. The fourth-order valence-electron chi connectivity index (χ4n) is 4.36. The standard InChI is InChI=1S/C17H26O3S.C17H26O2S/c1-16(2,3)12-8-11(14(18)10-21(7)20)9-13(15(12)19)17(4,5)6;1-16(2,3)12-8-11(14(18)10-20-7)9-13(15(12)19)17(4,5)6/h8-9,19H,10H2,1-7H3;8-9,19H,10H2,1-7H3. The van der Waals surface area contributed by atoms with E-state index in [1.54, 1.807) is 12.1 Å². The molecule has 0 amide bonds. The van der Waals surface area contributed by atoms with Crippen LogP contribution < -0.4 is 0 Å². The number of Topliss-reactive ketones (excluding diaryl/α,β-unsaturated/α-hetero) is 2. The van der Waals surface area contributed by atoms with Gasteiger partial charge in [0, 0.05) is 50.4 Å². The van der Waals surface area contributed by atoms with Crippen molar-refractivity contribution in [3.63, 3.8) is 0 Å². The van der Waals surface area contributed by atoms with Gasteiger partial charge in [-0.1, -0.05) is 83.1 Å². The lowest BCUT2D eigenvalue weighted by Crippen LogP contribution is -2.20. The van der Waals surface area contributed by atoms with E-state index < -0.39 is 10.8 Å². The second-order valence-electron chi connectivity index (χ2n) is 14.8. The molecule has 7 heteroatoms. The second-order valence-corrected chi connectivity index (χ2v) is 17.1. The highest BCUT2D eigenvalue weighted by Gasteiger charge is 2.29. The molecule has 2 aromatic rings. The van der Waals surface area contributed by atoms with E-state index in [4.69, 9.17) is 0 Å². The molecule has 0 bridgehead atoms. The number of carbonyl (C=O) groups is 2. The Bertz CT molecular complexity index is 1210. The fraction of sp³-hybridized carbons (Fsp3) is 0.588. The Labute approximate surface area is 255 Å². The summed E-state index contributed by atoms with van der Waals surface area (Å²) in [5, 5.41) is 21.2. The first-order valence-corrected chi connectivity index (χ1v) is 17.1. The van der Waals surface area contributed by atoms with Crippen molar-refractivity contribution in [1.82, 2.24) is 0 Å². The van der Waals surface area contributed by atoms with Gasteiger partial charge in [0.15, 0.2) is 11.6 Å². The summed E-state index contributed by atoms with van der Waals surface area (Å²) < 4.78 is 11.3. The molecule has 2 aromatic carbocycles. The van der Waals surface area contributed by atoms with Crippen LogP contribution in [-0.2, 0) is 32.5 Å². The monoisotopic (exact) mass is 604 g/mol. The second kappa shape index (κ2) is 13.5. The summed E-state index contributed by atoms with van der Waals surface area (Å²) >= 11 is 1.52. The quantitative estimate of drug-likeness (QED) is 0.324. The largest absolute Gasteiger partial charge is 0.507 e. The van der Waals surface area contributed by atoms with E-state index in [1.165, 1.54) is 18.0 Å². The van der Waals surface area contributed by atoms with Gasteiger partial charge in [-0.05, 0) is 52.2 Å². The summed E-state index contributed by atoms with van der Waals surface area (Å²) in [6.07, 6.45) is 3.45. The molecule has 0 aliphatic carbocycles. The molecule has 0 saturated heterocycles. The van der Waals surface area contributed by atoms with Crippen LogP contribution >= 0.6 is 11.8 Å². The van der Waals surface area contributed by atoms with Crippen LogP contribution in [0, 0.1) is 0 Å². The summed E-state index contributed by atoms with van der Waals surface area (Å²) in [7, 11) is -1.17. The van der Waals surface area contributed by atoms with Gasteiger partial charge in [-0.3, -0.25) is 13.8 Å². The van der Waals surface area contributed by atoms with Gasteiger partial charge in [0.25, 0.3) is 0 Å². The van der Waals surface area contributed by atoms with Crippen LogP contribution in [-0.4, -0.2) is 50.0 Å². The number of ketones is 2. The summed E-state index contributed by atoms with van der Waals surface area (Å²) in [6, 6.07) is 7.17. The molecule has 1 unspecified atom stereocenters. The zero-order valence-electron chi connectivity index (χ0n) is 27.7. The van der Waals surface area contributed by atoms with Gasteiger partial charge in [0.2, 0.25) is 0 Å². The predicted octanol–water partition coefficient (Wildman–Crippen LogP) is 8.08. The number of phenols is 2. The van der Waals surface area contributed by atoms with E-state index in [9.17, 15) is 24.0 Å². The van der Waals surface area contributed by atoms with Gasteiger partial charge in [-0.2, -0.15) is 11.8 Å². The summed E-state index contributed by atoms with van der Waals surface area (Å²) in [6.45, 7) is 24.3. The first kappa shape index (κ1) is 36.9. The average molecular weight is 605 g/mol. The van der Waals surface area contributed by atoms with Crippen molar-refractivity contribution >= 4 is 34.1 Å².